The Morgan fingerprint density at radius 3 is 2.70 bits per heavy atom. The summed E-state index contributed by atoms with van der Waals surface area (Å²) < 4.78 is 1.56. The number of nitrogens with two attached hydrogens (primary N) is 1. The van der Waals surface area contributed by atoms with Gasteiger partial charge in [0.15, 0.2) is 5.69 Å². The third-order valence-corrected chi connectivity index (χ3v) is 3.14. The van der Waals surface area contributed by atoms with E-state index in [9.17, 15) is 4.79 Å². The van der Waals surface area contributed by atoms with Crippen LogP contribution in [0.5, 0.6) is 0 Å². The highest BCUT2D eigenvalue weighted by Crippen LogP contribution is 2.19. The summed E-state index contributed by atoms with van der Waals surface area (Å²) in [6, 6.07) is 6.79. The Kier molecular flexibility index (Phi) is 4.06. The minimum atomic E-state index is -0.172. The van der Waals surface area contributed by atoms with Crippen LogP contribution in [0.4, 0.5) is 0 Å². The lowest BCUT2D eigenvalue weighted by Crippen LogP contribution is -2.22. The van der Waals surface area contributed by atoms with E-state index in [1.54, 1.807) is 49.2 Å². The summed E-state index contributed by atoms with van der Waals surface area (Å²) in [5, 5.41) is 4.78. The van der Waals surface area contributed by atoms with Crippen molar-refractivity contribution in [2.24, 2.45) is 5.73 Å². The quantitative estimate of drug-likeness (QED) is 0.879. The molecule has 0 aliphatic carbocycles. The van der Waals surface area contributed by atoms with Gasteiger partial charge >= 0.3 is 0 Å². The Morgan fingerprint density at radius 1 is 1.40 bits per heavy atom. The van der Waals surface area contributed by atoms with Gasteiger partial charge in [0.05, 0.1) is 5.69 Å². The highest BCUT2D eigenvalue weighted by Gasteiger charge is 2.14. The normalized spacial score (nSPS) is 10.3. The van der Waals surface area contributed by atoms with Crippen LogP contribution in [0.1, 0.15) is 16.1 Å². The number of nitrogens with zero attached hydrogens (tertiary/aromatic N) is 3. The summed E-state index contributed by atoms with van der Waals surface area (Å²) in [5.74, 6) is -0.172. The van der Waals surface area contributed by atoms with E-state index in [0.29, 0.717) is 22.0 Å². The Labute approximate surface area is 126 Å². The van der Waals surface area contributed by atoms with E-state index >= 15 is 0 Å². The van der Waals surface area contributed by atoms with Gasteiger partial charge in [-0.3, -0.25) is 4.79 Å². The predicted octanol–water partition coefficient (Wildman–Crippen LogP) is 1.86. The third kappa shape index (κ3) is 2.81. The molecule has 0 unspecified atom stereocenters. The Bertz CT molecular complexity index is 681. The maximum atomic E-state index is 11.8. The van der Waals surface area contributed by atoms with Crippen molar-refractivity contribution in [1.82, 2.24) is 14.7 Å². The molecular formula is C13H13ClN4OS. The number of carbonyl (C=O) groups is 1. The monoisotopic (exact) mass is 308 g/mol. The second-order valence-corrected chi connectivity index (χ2v) is 5.25. The topological polar surface area (TPSA) is 64.2 Å². The first-order valence-electron chi connectivity index (χ1n) is 5.77. The van der Waals surface area contributed by atoms with Gasteiger partial charge in [0, 0.05) is 30.9 Å². The van der Waals surface area contributed by atoms with Crippen molar-refractivity contribution >= 4 is 34.7 Å². The molecule has 2 aromatic rings. The minimum Gasteiger partial charge on any atom is -0.389 e. The van der Waals surface area contributed by atoms with Crippen LogP contribution in [0.3, 0.4) is 0 Å². The number of hydrogen-bond acceptors (Lipinski definition) is 3. The summed E-state index contributed by atoms with van der Waals surface area (Å²) >= 11 is 11.0. The van der Waals surface area contributed by atoms with E-state index in [1.165, 1.54) is 4.90 Å². The van der Waals surface area contributed by atoms with E-state index in [1.807, 2.05) is 0 Å². The van der Waals surface area contributed by atoms with E-state index in [0.717, 1.165) is 0 Å². The van der Waals surface area contributed by atoms with Gasteiger partial charge < -0.3 is 10.6 Å². The molecule has 2 N–H and O–H groups in total. The number of aromatic nitrogens is 2. The third-order valence-electron chi connectivity index (χ3n) is 2.69. The first-order chi connectivity index (χ1) is 9.40. The Morgan fingerprint density at radius 2 is 2.10 bits per heavy atom. The maximum Gasteiger partial charge on any atom is 0.273 e. The molecule has 2 rings (SSSR count). The predicted molar refractivity (Wildman–Crippen MR) is 82.5 cm³/mol. The number of carbonyl (C=O) groups excluding carboxylic acids is 1. The molecule has 104 valence electrons. The van der Waals surface area contributed by atoms with Crippen LogP contribution in [0, 0.1) is 0 Å². The number of amides is 1. The lowest BCUT2D eigenvalue weighted by molar-refractivity contribution is 0.0821. The lowest BCUT2D eigenvalue weighted by atomic mass is 10.2. The van der Waals surface area contributed by atoms with Crippen LogP contribution in [-0.4, -0.2) is 39.7 Å². The number of thiocarbonyl (C=S) groups is 1. The number of rotatable bonds is 3. The van der Waals surface area contributed by atoms with Gasteiger partial charge in [0.25, 0.3) is 5.91 Å². The molecule has 1 amide bonds. The molecule has 7 heteroatoms. The molecule has 0 saturated heterocycles. The molecular weight excluding hydrogens is 296 g/mol. The molecule has 20 heavy (non-hydrogen) atoms. The molecule has 1 aromatic carbocycles. The smallest absolute Gasteiger partial charge is 0.273 e. The van der Waals surface area contributed by atoms with E-state index < -0.39 is 0 Å². The fourth-order valence-electron chi connectivity index (χ4n) is 1.71. The number of benzene rings is 1. The average Bonchev–Trinajstić information content (AvgIpc) is 2.86. The van der Waals surface area contributed by atoms with Crippen molar-refractivity contribution in [3.63, 3.8) is 0 Å². The van der Waals surface area contributed by atoms with Crippen molar-refractivity contribution in [1.29, 1.82) is 0 Å². The molecule has 0 saturated carbocycles. The molecule has 0 fully saturated rings. The summed E-state index contributed by atoms with van der Waals surface area (Å²) in [6.45, 7) is 0. The van der Waals surface area contributed by atoms with Crippen LogP contribution in [0.15, 0.2) is 30.5 Å². The van der Waals surface area contributed by atoms with Crippen molar-refractivity contribution in [2.45, 2.75) is 0 Å². The highest BCUT2D eigenvalue weighted by molar-refractivity contribution is 7.80. The number of hydrogen-bond donors (Lipinski definition) is 1. The van der Waals surface area contributed by atoms with Crippen molar-refractivity contribution < 1.29 is 4.79 Å². The van der Waals surface area contributed by atoms with Crippen molar-refractivity contribution in [2.75, 3.05) is 14.1 Å². The molecule has 1 heterocycles. The van der Waals surface area contributed by atoms with Crippen LogP contribution < -0.4 is 5.73 Å². The van der Waals surface area contributed by atoms with E-state index in [2.05, 4.69) is 5.10 Å². The minimum absolute atomic E-state index is 0.172. The van der Waals surface area contributed by atoms with Crippen LogP contribution in [-0.2, 0) is 0 Å². The molecule has 1 aromatic heterocycles. The van der Waals surface area contributed by atoms with Gasteiger partial charge in [-0.2, -0.15) is 5.10 Å². The SMILES string of the molecule is CN(C)C(=O)c1ccn(-c2ccc(Cl)cc2C(N)=S)n1. The van der Waals surface area contributed by atoms with E-state index in [4.69, 9.17) is 29.6 Å². The summed E-state index contributed by atoms with van der Waals surface area (Å²) in [4.78, 5) is 13.5. The van der Waals surface area contributed by atoms with Crippen molar-refractivity contribution in [3.8, 4) is 5.69 Å². The van der Waals surface area contributed by atoms with Gasteiger partial charge in [0.1, 0.15) is 4.99 Å². The molecule has 0 bridgehead atoms. The molecule has 0 aliphatic rings. The first kappa shape index (κ1) is 14.5. The van der Waals surface area contributed by atoms with Gasteiger partial charge in [-0.15, -0.1) is 0 Å². The summed E-state index contributed by atoms with van der Waals surface area (Å²) in [5.41, 5.74) is 7.33. The summed E-state index contributed by atoms with van der Waals surface area (Å²) in [7, 11) is 3.34. The first-order valence-corrected chi connectivity index (χ1v) is 6.56. The zero-order valence-corrected chi connectivity index (χ0v) is 12.6. The van der Waals surface area contributed by atoms with Gasteiger partial charge in [-0.05, 0) is 24.3 Å². The zero-order valence-electron chi connectivity index (χ0n) is 11.0. The van der Waals surface area contributed by atoms with E-state index in [-0.39, 0.29) is 10.9 Å². The zero-order chi connectivity index (χ0) is 14.9. The van der Waals surface area contributed by atoms with Gasteiger partial charge in [-0.1, -0.05) is 23.8 Å². The Hall–Kier alpha value is -1.92. The van der Waals surface area contributed by atoms with Crippen LogP contribution in [0.25, 0.3) is 5.69 Å². The number of halogens is 1. The second-order valence-electron chi connectivity index (χ2n) is 4.37. The van der Waals surface area contributed by atoms with Gasteiger partial charge in [0.2, 0.25) is 0 Å². The van der Waals surface area contributed by atoms with Crippen LogP contribution in [0.2, 0.25) is 5.02 Å². The van der Waals surface area contributed by atoms with Crippen LogP contribution >= 0.6 is 23.8 Å². The molecule has 0 aliphatic heterocycles. The lowest BCUT2D eigenvalue weighted by Gasteiger charge is -2.09. The molecule has 0 atom stereocenters. The van der Waals surface area contributed by atoms with Gasteiger partial charge in [-0.25, -0.2) is 4.68 Å². The fraction of sp³-hybridized carbons (Fsp3) is 0.154. The Balaban J connectivity index is 2.48. The maximum absolute atomic E-state index is 11.8. The average molecular weight is 309 g/mol. The fourth-order valence-corrected chi connectivity index (χ4v) is 2.04. The molecule has 5 nitrogen and oxygen atoms in total. The second kappa shape index (κ2) is 5.60. The largest absolute Gasteiger partial charge is 0.389 e. The molecule has 0 radical (unpaired) electrons. The van der Waals surface area contributed by atoms with Crippen molar-refractivity contribution in [3.05, 3.63) is 46.7 Å². The summed E-state index contributed by atoms with van der Waals surface area (Å²) in [6.07, 6.45) is 1.68. The highest BCUT2D eigenvalue weighted by atomic mass is 35.5. The molecule has 0 spiro atoms. The standard InChI is InChI=1S/C13H13ClN4OS/c1-17(2)13(19)10-5-6-18(16-10)11-4-3-8(14)7-9(11)12(15)20/h3-7H,1-2H3,(H2,15,20).